The average molecular weight is 338 g/mol. The minimum Gasteiger partial charge on any atom is -0.494 e. The number of nitrogens with zero attached hydrogens (tertiary/aromatic N) is 4. The molecule has 0 bridgehead atoms. The molecular weight excluding hydrogens is 320 g/mol. The molecule has 0 unspecified atom stereocenters. The minimum atomic E-state index is -0.434. The number of hydrogen-bond donors (Lipinski definition) is 0. The largest absolute Gasteiger partial charge is 0.494 e. The first-order valence-corrected chi connectivity index (χ1v) is 8.05. The molecule has 0 saturated heterocycles. The predicted octanol–water partition coefficient (Wildman–Crippen LogP) is 3.06. The lowest BCUT2D eigenvalue weighted by molar-refractivity contribution is 0.0734. The van der Waals surface area contributed by atoms with Crippen LogP contribution in [0.5, 0.6) is 11.5 Å². The molecule has 0 saturated carbocycles. The van der Waals surface area contributed by atoms with E-state index in [9.17, 15) is 4.79 Å². The van der Waals surface area contributed by atoms with Gasteiger partial charge in [0, 0.05) is 0 Å². The van der Waals surface area contributed by atoms with Gasteiger partial charge in [-0.1, -0.05) is 19.4 Å². The zero-order chi connectivity index (χ0) is 17.5. The Morgan fingerprint density at radius 2 is 1.96 bits per heavy atom. The average Bonchev–Trinajstić information content (AvgIpc) is 3.17. The molecule has 7 heteroatoms. The minimum absolute atomic E-state index is 0.434. The Hall–Kier alpha value is -3.22. The Morgan fingerprint density at radius 3 is 2.68 bits per heavy atom. The van der Waals surface area contributed by atoms with Crippen molar-refractivity contribution in [3.05, 3.63) is 60.4 Å². The number of carbonyl (C=O) groups is 1. The van der Waals surface area contributed by atoms with E-state index in [2.05, 4.69) is 22.4 Å². The quantitative estimate of drug-likeness (QED) is 0.374. The highest BCUT2D eigenvalue weighted by molar-refractivity contribution is 5.91. The van der Waals surface area contributed by atoms with Gasteiger partial charge in [0.15, 0.2) is 0 Å². The molecule has 0 aliphatic heterocycles. The molecule has 7 nitrogen and oxygen atoms in total. The number of tetrazole rings is 1. The Morgan fingerprint density at radius 1 is 1.12 bits per heavy atom. The van der Waals surface area contributed by atoms with Crippen molar-refractivity contribution in [1.29, 1.82) is 0 Å². The van der Waals surface area contributed by atoms with Gasteiger partial charge < -0.3 is 9.47 Å². The first kappa shape index (κ1) is 16.6. The molecule has 0 radical (unpaired) electrons. The van der Waals surface area contributed by atoms with Gasteiger partial charge in [-0.15, -0.1) is 5.10 Å². The highest BCUT2D eigenvalue weighted by Gasteiger charge is 2.10. The summed E-state index contributed by atoms with van der Waals surface area (Å²) in [5.41, 5.74) is 1.22. The summed E-state index contributed by atoms with van der Waals surface area (Å²) in [5.74, 6) is 0.673. The van der Waals surface area contributed by atoms with Crippen molar-refractivity contribution in [2.45, 2.75) is 19.8 Å². The van der Waals surface area contributed by atoms with Crippen LogP contribution in [-0.4, -0.2) is 32.8 Å². The first-order chi connectivity index (χ1) is 12.3. The van der Waals surface area contributed by atoms with E-state index in [4.69, 9.17) is 9.47 Å². The molecular formula is C18H18N4O3. The Bertz CT molecular complexity index is 817. The summed E-state index contributed by atoms with van der Waals surface area (Å²) in [4.78, 5) is 12.3. The molecule has 2 aromatic carbocycles. The Kier molecular flexibility index (Phi) is 5.36. The number of carbonyl (C=O) groups excluding carboxylic acids is 1. The first-order valence-electron chi connectivity index (χ1n) is 8.05. The van der Waals surface area contributed by atoms with E-state index >= 15 is 0 Å². The van der Waals surface area contributed by atoms with Gasteiger partial charge in [-0.3, -0.25) is 0 Å². The maximum absolute atomic E-state index is 12.3. The summed E-state index contributed by atoms with van der Waals surface area (Å²) in [5, 5.41) is 11.0. The lowest BCUT2D eigenvalue weighted by Gasteiger charge is -2.08. The van der Waals surface area contributed by atoms with Crippen LogP contribution in [0.2, 0.25) is 0 Å². The summed E-state index contributed by atoms with van der Waals surface area (Å²) < 4.78 is 12.5. The van der Waals surface area contributed by atoms with Crippen LogP contribution in [0.25, 0.3) is 5.69 Å². The molecule has 0 fully saturated rings. The third kappa shape index (κ3) is 4.41. The second-order valence-electron chi connectivity index (χ2n) is 5.37. The van der Waals surface area contributed by atoms with Crippen LogP contribution in [0.3, 0.4) is 0 Å². The van der Waals surface area contributed by atoms with Crippen molar-refractivity contribution >= 4 is 5.97 Å². The predicted molar refractivity (Wildman–Crippen MR) is 91.0 cm³/mol. The van der Waals surface area contributed by atoms with Gasteiger partial charge >= 0.3 is 5.97 Å². The summed E-state index contributed by atoms with van der Waals surface area (Å²) in [6, 6.07) is 13.9. The summed E-state index contributed by atoms with van der Waals surface area (Å²) in [7, 11) is 0. The molecule has 0 atom stereocenters. The van der Waals surface area contributed by atoms with Crippen LogP contribution >= 0.6 is 0 Å². The second kappa shape index (κ2) is 8.05. The highest BCUT2D eigenvalue weighted by Crippen LogP contribution is 2.18. The third-order valence-corrected chi connectivity index (χ3v) is 3.50. The second-order valence-corrected chi connectivity index (χ2v) is 5.37. The lowest BCUT2D eigenvalue weighted by atomic mass is 10.2. The van der Waals surface area contributed by atoms with Crippen LogP contribution in [0, 0.1) is 0 Å². The van der Waals surface area contributed by atoms with Gasteiger partial charge in [0.2, 0.25) is 0 Å². The fraction of sp³-hybridized carbons (Fsp3) is 0.222. The molecule has 0 N–H and O–H groups in total. The van der Waals surface area contributed by atoms with E-state index in [0.717, 1.165) is 18.5 Å². The molecule has 0 aliphatic rings. The van der Waals surface area contributed by atoms with Crippen molar-refractivity contribution in [3.8, 4) is 17.2 Å². The number of hydrogen-bond acceptors (Lipinski definition) is 6. The number of ether oxygens (including phenoxy) is 2. The molecule has 1 aromatic heterocycles. The Labute approximate surface area is 145 Å². The SMILES string of the molecule is CCCCOc1cccc(C(=O)Oc2ccc(-n3cnnn3)cc2)c1. The van der Waals surface area contributed by atoms with Gasteiger partial charge in [0.1, 0.15) is 17.8 Å². The fourth-order valence-corrected chi connectivity index (χ4v) is 2.16. The van der Waals surface area contributed by atoms with Crippen molar-refractivity contribution in [1.82, 2.24) is 20.2 Å². The molecule has 3 aromatic rings. The van der Waals surface area contributed by atoms with Crippen molar-refractivity contribution in [2.75, 3.05) is 6.61 Å². The fourth-order valence-electron chi connectivity index (χ4n) is 2.16. The summed E-state index contributed by atoms with van der Waals surface area (Å²) >= 11 is 0. The summed E-state index contributed by atoms with van der Waals surface area (Å²) in [6.07, 6.45) is 3.52. The van der Waals surface area contributed by atoms with Gasteiger partial charge in [0.05, 0.1) is 17.9 Å². The van der Waals surface area contributed by atoms with Gasteiger partial charge in [-0.05, 0) is 59.3 Å². The topological polar surface area (TPSA) is 79.1 Å². The number of esters is 1. The normalized spacial score (nSPS) is 10.4. The van der Waals surface area contributed by atoms with E-state index in [-0.39, 0.29) is 0 Å². The number of rotatable bonds is 7. The van der Waals surface area contributed by atoms with Crippen molar-refractivity contribution in [2.24, 2.45) is 0 Å². The number of unbranched alkanes of at least 4 members (excludes halogenated alkanes) is 1. The van der Waals surface area contributed by atoms with Crippen LogP contribution in [0.1, 0.15) is 30.1 Å². The lowest BCUT2D eigenvalue weighted by Crippen LogP contribution is -2.09. The van der Waals surface area contributed by atoms with Crippen LogP contribution in [0.15, 0.2) is 54.9 Å². The zero-order valence-electron chi connectivity index (χ0n) is 13.8. The van der Waals surface area contributed by atoms with Crippen molar-refractivity contribution in [3.63, 3.8) is 0 Å². The Balaban J connectivity index is 1.64. The highest BCUT2D eigenvalue weighted by atomic mass is 16.5. The standard InChI is InChI=1S/C18H18N4O3/c1-2-3-11-24-17-6-4-5-14(12-17)18(23)25-16-9-7-15(8-10-16)22-13-19-20-21-22/h4-10,12-13H,2-3,11H2,1H3. The molecule has 3 rings (SSSR count). The third-order valence-electron chi connectivity index (χ3n) is 3.50. The molecule has 1 heterocycles. The van der Waals surface area contributed by atoms with Crippen LogP contribution in [0.4, 0.5) is 0 Å². The molecule has 0 spiro atoms. The summed E-state index contributed by atoms with van der Waals surface area (Å²) in [6.45, 7) is 2.73. The monoisotopic (exact) mass is 338 g/mol. The molecule has 128 valence electrons. The molecule has 25 heavy (non-hydrogen) atoms. The van der Waals surface area contributed by atoms with Crippen LogP contribution in [-0.2, 0) is 0 Å². The van der Waals surface area contributed by atoms with Crippen molar-refractivity contribution < 1.29 is 14.3 Å². The maximum Gasteiger partial charge on any atom is 0.343 e. The van der Waals surface area contributed by atoms with Gasteiger partial charge in [-0.25, -0.2) is 9.48 Å². The van der Waals surface area contributed by atoms with Gasteiger partial charge in [-0.2, -0.15) is 0 Å². The molecule has 0 amide bonds. The van der Waals surface area contributed by atoms with Gasteiger partial charge in [0.25, 0.3) is 0 Å². The van der Waals surface area contributed by atoms with E-state index in [1.54, 1.807) is 42.5 Å². The van der Waals surface area contributed by atoms with E-state index in [0.29, 0.717) is 23.7 Å². The zero-order valence-corrected chi connectivity index (χ0v) is 13.8. The number of aromatic nitrogens is 4. The van der Waals surface area contributed by atoms with Crippen LogP contribution < -0.4 is 9.47 Å². The smallest absolute Gasteiger partial charge is 0.343 e. The number of benzene rings is 2. The maximum atomic E-state index is 12.3. The van der Waals surface area contributed by atoms with E-state index in [1.807, 2.05) is 6.07 Å². The van der Waals surface area contributed by atoms with E-state index in [1.165, 1.54) is 11.0 Å². The van der Waals surface area contributed by atoms with E-state index < -0.39 is 5.97 Å². The molecule has 0 aliphatic carbocycles.